The largest absolute Gasteiger partial charge is 0.318 e. The molecule has 0 aliphatic carbocycles. The Morgan fingerprint density at radius 1 is 1.24 bits per heavy atom. The summed E-state index contributed by atoms with van der Waals surface area (Å²) in [5, 5.41) is 2.81. The lowest BCUT2D eigenvalue weighted by Gasteiger charge is -2.15. The van der Waals surface area contributed by atoms with Crippen molar-refractivity contribution in [3.8, 4) is 0 Å². The zero-order chi connectivity index (χ0) is 12.6. The summed E-state index contributed by atoms with van der Waals surface area (Å²) in [6.07, 6.45) is 0. The Kier molecular flexibility index (Phi) is 2.89. The monoisotopic (exact) mass is 240 g/mol. The predicted molar refractivity (Wildman–Crippen MR) is 57.0 cm³/mol. The number of fused-ring (bicyclic) bond motifs is 1. The topological polar surface area (TPSA) is 49.4 Å². The van der Waals surface area contributed by atoms with Crippen LogP contribution < -0.4 is 10.2 Å². The van der Waals surface area contributed by atoms with Crippen molar-refractivity contribution in [3.63, 3.8) is 0 Å². The van der Waals surface area contributed by atoms with Crippen LogP contribution in [0.25, 0.3) is 0 Å². The minimum atomic E-state index is -1.12. The standard InChI is InChI=1S/C11H10F2N2O2/c1-14-2-3-15-9-5-8(13)7(12)4-6(9)10(16)11(15)17/h4-5,14H,2-3H2,1H3. The Morgan fingerprint density at radius 2 is 1.88 bits per heavy atom. The Bertz CT molecular complexity index is 502. The molecule has 0 aromatic heterocycles. The number of likely N-dealkylation sites (N-methyl/N-ethyl adjacent to an activating group) is 1. The highest BCUT2D eigenvalue weighted by Crippen LogP contribution is 2.30. The van der Waals surface area contributed by atoms with Gasteiger partial charge in [-0.1, -0.05) is 0 Å². The maximum absolute atomic E-state index is 13.1. The Labute approximate surface area is 96.2 Å². The van der Waals surface area contributed by atoms with Crippen LogP contribution in [0.5, 0.6) is 0 Å². The van der Waals surface area contributed by atoms with Gasteiger partial charge in [0.25, 0.3) is 11.7 Å². The average molecular weight is 240 g/mol. The summed E-state index contributed by atoms with van der Waals surface area (Å²) >= 11 is 0. The Hall–Kier alpha value is -1.82. The van der Waals surface area contributed by atoms with Gasteiger partial charge in [-0.3, -0.25) is 9.59 Å². The Morgan fingerprint density at radius 3 is 2.53 bits per heavy atom. The lowest BCUT2D eigenvalue weighted by Crippen LogP contribution is -2.35. The van der Waals surface area contributed by atoms with Crippen LogP contribution in [-0.2, 0) is 4.79 Å². The SMILES string of the molecule is CNCCN1C(=O)C(=O)c2cc(F)c(F)cc21. The summed E-state index contributed by atoms with van der Waals surface area (Å²) in [6, 6.07) is 1.65. The number of Topliss-reactive ketones (excluding diaryl/α,β-unsaturated/α-hetero) is 1. The maximum Gasteiger partial charge on any atom is 0.299 e. The molecule has 1 aromatic carbocycles. The van der Waals surface area contributed by atoms with Crippen molar-refractivity contribution in [1.82, 2.24) is 5.32 Å². The molecule has 90 valence electrons. The Balaban J connectivity index is 2.45. The molecule has 1 N–H and O–H groups in total. The predicted octanol–water partition coefficient (Wildman–Crippen LogP) is 0.713. The van der Waals surface area contributed by atoms with Gasteiger partial charge in [-0.15, -0.1) is 0 Å². The second kappa shape index (κ2) is 4.21. The lowest BCUT2D eigenvalue weighted by atomic mass is 10.1. The first-order valence-corrected chi connectivity index (χ1v) is 5.06. The number of benzene rings is 1. The third-order valence-corrected chi connectivity index (χ3v) is 2.60. The van der Waals surface area contributed by atoms with Crippen molar-refractivity contribution in [2.45, 2.75) is 0 Å². The molecular weight excluding hydrogens is 230 g/mol. The van der Waals surface area contributed by atoms with E-state index >= 15 is 0 Å². The summed E-state index contributed by atoms with van der Waals surface area (Å²) in [5.41, 5.74) is 0.0548. The van der Waals surface area contributed by atoms with Crippen molar-refractivity contribution in [3.05, 3.63) is 29.3 Å². The van der Waals surface area contributed by atoms with Gasteiger partial charge in [-0.2, -0.15) is 0 Å². The smallest absolute Gasteiger partial charge is 0.299 e. The minimum absolute atomic E-state index is 0.0787. The first-order valence-electron chi connectivity index (χ1n) is 5.06. The molecule has 1 aliphatic rings. The molecule has 4 nitrogen and oxygen atoms in total. The number of ketones is 1. The highest BCUT2D eigenvalue weighted by Gasteiger charge is 2.36. The summed E-state index contributed by atoms with van der Waals surface area (Å²) < 4.78 is 26.1. The maximum atomic E-state index is 13.1. The molecule has 2 rings (SSSR count). The van der Waals surface area contributed by atoms with Gasteiger partial charge in [0.2, 0.25) is 0 Å². The van der Waals surface area contributed by atoms with Crippen LogP contribution in [0.4, 0.5) is 14.5 Å². The summed E-state index contributed by atoms with van der Waals surface area (Å²) in [4.78, 5) is 24.3. The first kappa shape index (κ1) is 11.7. The van der Waals surface area contributed by atoms with E-state index in [2.05, 4.69) is 5.32 Å². The number of rotatable bonds is 3. The molecule has 0 radical (unpaired) electrons. The zero-order valence-corrected chi connectivity index (χ0v) is 9.09. The van der Waals surface area contributed by atoms with E-state index < -0.39 is 23.3 Å². The fraction of sp³-hybridized carbons (Fsp3) is 0.273. The number of hydrogen-bond donors (Lipinski definition) is 1. The van der Waals surface area contributed by atoms with E-state index in [-0.39, 0.29) is 17.8 Å². The van der Waals surface area contributed by atoms with E-state index in [4.69, 9.17) is 0 Å². The summed E-state index contributed by atoms with van der Waals surface area (Å²) in [7, 11) is 1.69. The number of amides is 1. The van der Waals surface area contributed by atoms with E-state index in [1.165, 1.54) is 0 Å². The molecule has 17 heavy (non-hydrogen) atoms. The fourth-order valence-corrected chi connectivity index (χ4v) is 1.73. The van der Waals surface area contributed by atoms with Gasteiger partial charge in [0.1, 0.15) is 0 Å². The molecule has 1 amide bonds. The molecule has 0 spiro atoms. The lowest BCUT2D eigenvalue weighted by molar-refractivity contribution is -0.114. The van der Waals surface area contributed by atoms with E-state index in [0.29, 0.717) is 6.54 Å². The van der Waals surface area contributed by atoms with Crippen molar-refractivity contribution < 1.29 is 18.4 Å². The second-order valence-electron chi connectivity index (χ2n) is 3.67. The number of hydrogen-bond acceptors (Lipinski definition) is 3. The molecule has 0 atom stereocenters. The number of nitrogens with zero attached hydrogens (tertiary/aromatic N) is 1. The van der Waals surface area contributed by atoms with Crippen molar-refractivity contribution in [1.29, 1.82) is 0 Å². The van der Waals surface area contributed by atoms with Gasteiger partial charge in [0, 0.05) is 19.2 Å². The van der Waals surface area contributed by atoms with Crippen molar-refractivity contribution >= 4 is 17.4 Å². The van der Waals surface area contributed by atoms with Gasteiger partial charge >= 0.3 is 0 Å². The number of nitrogens with one attached hydrogen (secondary N) is 1. The van der Waals surface area contributed by atoms with Crippen molar-refractivity contribution in [2.24, 2.45) is 0 Å². The first-order chi connectivity index (χ1) is 8.06. The number of anilines is 1. The van der Waals surface area contributed by atoms with Crippen LogP contribution in [0.3, 0.4) is 0 Å². The number of halogens is 2. The average Bonchev–Trinajstić information content (AvgIpc) is 2.52. The molecule has 0 saturated carbocycles. The van der Waals surface area contributed by atoms with E-state index in [1.54, 1.807) is 7.05 Å². The fourth-order valence-electron chi connectivity index (χ4n) is 1.73. The molecule has 0 unspecified atom stereocenters. The second-order valence-corrected chi connectivity index (χ2v) is 3.67. The number of carbonyl (C=O) groups is 2. The minimum Gasteiger partial charge on any atom is -0.318 e. The molecule has 0 fully saturated rings. The quantitative estimate of drug-likeness (QED) is 0.792. The molecule has 1 heterocycles. The molecule has 0 bridgehead atoms. The van der Waals surface area contributed by atoms with Crippen LogP contribution >= 0.6 is 0 Å². The molecular formula is C11H10F2N2O2. The highest BCUT2D eigenvalue weighted by molar-refractivity contribution is 6.52. The molecule has 0 saturated heterocycles. The normalized spacial score (nSPS) is 14.4. The summed E-state index contributed by atoms with van der Waals surface area (Å²) in [5.74, 6) is -3.74. The molecule has 6 heteroatoms. The van der Waals surface area contributed by atoms with Crippen LogP contribution in [0.15, 0.2) is 12.1 Å². The van der Waals surface area contributed by atoms with Crippen LogP contribution in [0.2, 0.25) is 0 Å². The highest BCUT2D eigenvalue weighted by atomic mass is 19.2. The van der Waals surface area contributed by atoms with Crippen LogP contribution in [0.1, 0.15) is 10.4 Å². The van der Waals surface area contributed by atoms with Gasteiger partial charge in [0.15, 0.2) is 11.6 Å². The molecule has 1 aromatic rings. The third kappa shape index (κ3) is 1.80. The third-order valence-electron chi connectivity index (χ3n) is 2.60. The van der Waals surface area contributed by atoms with Crippen LogP contribution in [-0.4, -0.2) is 31.8 Å². The van der Waals surface area contributed by atoms with Crippen LogP contribution in [0, 0.1) is 11.6 Å². The van der Waals surface area contributed by atoms with Gasteiger partial charge < -0.3 is 10.2 Å². The number of carbonyl (C=O) groups excluding carboxylic acids is 2. The molecule has 1 aliphatic heterocycles. The zero-order valence-electron chi connectivity index (χ0n) is 9.09. The van der Waals surface area contributed by atoms with E-state index in [9.17, 15) is 18.4 Å². The van der Waals surface area contributed by atoms with Gasteiger partial charge in [0.05, 0.1) is 11.3 Å². The van der Waals surface area contributed by atoms with Gasteiger partial charge in [-0.25, -0.2) is 8.78 Å². The van der Waals surface area contributed by atoms with Gasteiger partial charge in [-0.05, 0) is 13.1 Å². The summed E-state index contributed by atoms with van der Waals surface area (Å²) in [6.45, 7) is 0.691. The van der Waals surface area contributed by atoms with E-state index in [0.717, 1.165) is 17.0 Å². The van der Waals surface area contributed by atoms with Crippen molar-refractivity contribution in [2.75, 3.05) is 25.0 Å². The van der Waals surface area contributed by atoms with E-state index in [1.807, 2.05) is 0 Å².